The van der Waals surface area contributed by atoms with Gasteiger partial charge in [0.1, 0.15) is 5.75 Å². The lowest BCUT2D eigenvalue weighted by atomic mass is 9.62. The molecule has 188 valence electrons. The first-order valence-corrected chi connectivity index (χ1v) is 18.8. The van der Waals surface area contributed by atoms with Crippen LogP contribution in [0, 0.1) is 11.3 Å². The highest BCUT2D eigenvalue weighted by molar-refractivity contribution is 6.74. The third-order valence-electron chi connectivity index (χ3n) is 8.98. The van der Waals surface area contributed by atoms with Crippen LogP contribution in [0.4, 0.5) is 0 Å². The van der Waals surface area contributed by atoms with Crippen molar-refractivity contribution in [3.8, 4) is 5.75 Å². The second-order valence-electron chi connectivity index (χ2n) is 13.9. The van der Waals surface area contributed by atoms with Crippen molar-refractivity contribution < 1.29 is 14.0 Å². The van der Waals surface area contributed by atoms with Gasteiger partial charge in [0, 0.05) is 5.92 Å². The maximum Gasteiger partial charge on any atom is 0.229 e. The largest absolute Gasteiger partial charge is 0.547 e. The smallest absolute Gasteiger partial charge is 0.229 e. The summed E-state index contributed by atoms with van der Waals surface area (Å²) in [6.07, 6.45) is 4.08. The van der Waals surface area contributed by atoms with E-state index < -0.39 is 17.4 Å². The van der Waals surface area contributed by atoms with Crippen molar-refractivity contribution in [2.75, 3.05) is 0 Å². The molecule has 0 spiro atoms. The molecule has 2 aliphatic carbocycles. The number of aliphatic hydroxyl groups excluding tert-OH is 1. The summed E-state index contributed by atoms with van der Waals surface area (Å²) in [7, 11) is -3.10. The second-order valence-corrected chi connectivity index (χ2v) is 21.0. The van der Waals surface area contributed by atoms with E-state index in [2.05, 4.69) is 92.9 Å². The molecule has 1 aromatic rings. The fourth-order valence-corrected chi connectivity index (χ4v) is 7.90. The Balaban J connectivity index is 1.88. The monoisotopic (exact) mass is 490 g/mol. The first-order chi connectivity index (χ1) is 15.0. The molecule has 3 nitrogen and oxygen atoms in total. The zero-order valence-electron chi connectivity index (χ0n) is 23.2. The van der Waals surface area contributed by atoms with Gasteiger partial charge in [0.05, 0.1) is 12.2 Å². The Morgan fingerprint density at radius 3 is 2.24 bits per heavy atom. The van der Waals surface area contributed by atoms with E-state index in [4.69, 9.17) is 8.85 Å². The van der Waals surface area contributed by atoms with Gasteiger partial charge in [-0.25, -0.2) is 0 Å². The Morgan fingerprint density at radius 1 is 1.06 bits per heavy atom. The SMILES string of the molecule is C[SiH](C)Oc1cc(C(C)(C)C)ccc1[C@@H]1C[C@@H]2CC[C@H](O[Si](C)(C)C(C)(C)C)[C@@]2(C)C[C@H]1O. The highest BCUT2D eigenvalue weighted by Gasteiger charge is 2.55. The summed E-state index contributed by atoms with van der Waals surface area (Å²) in [5, 5.41) is 11.7. The van der Waals surface area contributed by atoms with E-state index in [0.29, 0.717) is 5.92 Å². The van der Waals surface area contributed by atoms with E-state index in [1.807, 2.05) is 0 Å². The van der Waals surface area contributed by atoms with E-state index in [-0.39, 0.29) is 34.0 Å². The Kier molecular flexibility index (Phi) is 7.44. The minimum atomic E-state index is -1.84. The number of rotatable bonds is 5. The van der Waals surface area contributed by atoms with Gasteiger partial charge in [-0.1, -0.05) is 60.6 Å². The van der Waals surface area contributed by atoms with Gasteiger partial charge in [-0.3, -0.25) is 0 Å². The number of hydrogen-bond acceptors (Lipinski definition) is 3. The average molecular weight is 491 g/mol. The van der Waals surface area contributed by atoms with Crippen LogP contribution in [0.15, 0.2) is 18.2 Å². The van der Waals surface area contributed by atoms with Crippen molar-refractivity contribution in [2.45, 2.75) is 129 Å². The first kappa shape index (κ1) is 27.0. The standard InChI is InChI=1S/C28H50O3Si2/c1-26(2,3)19-12-14-21(24(17-19)30-32(8)9)22-16-20-13-15-25(28(20,7)18-23(22)29)31-33(10,11)27(4,5)6/h12,14,17,20,22-23,25,29,32H,13,15-16,18H2,1-11H3/t20-,22-,23+,25-,28-/m0/s1. The van der Waals surface area contributed by atoms with E-state index in [1.54, 1.807) is 0 Å². The van der Waals surface area contributed by atoms with E-state index >= 15 is 0 Å². The molecule has 2 saturated carbocycles. The topological polar surface area (TPSA) is 38.7 Å². The lowest BCUT2D eigenvalue weighted by molar-refractivity contribution is -0.0420. The quantitative estimate of drug-likeness (QED) is 0.437. The van der Waals surface area contributed by atoms with Crippen LogP contribution in [0.3, 0.4) is 0 Å². The van der Waals surface area contributed by atoms with Crippen molar-refractivity contribution in [1.29, 1.82) is 0 Å². The maximum absolute atomic E-state index is 11.5. The minimum Gasteiger partial charge on any atom is -0.547 e. The van der Waals surface area contributed by atoms with Gasteiger partial charge < -0.3 is 14.0 Å². The molecule has 0 amide bonds. The van der Waals surface area contributed by atoms with Gasteiger partial charge in [-0.2, -0.15) is 0 Å². The summed E-state index contributed by atoms with van der Waals surface area (Å²) in [5.74, 6) is 1.75. The molecule has 0 saturated heterocycles. The summed E-state index contributed by atoms with van der Waals surface area (Å²) in [6, 6.07) is 6.76. The molecule has 2 aliphatic rings. The van der Waals surface area contributed by atoms with Crippen molar-refractivity contribution >= 4 is 17.4 Å². The summed E-state index contributed by atoms with van der Waals surface area (Å²) < 4.78 is 13.4. The van der Waals surface area contributed by atoms with Crippen LogP contribution in [0.2, 0.25) is 31.2 Å². The van der Waals surface area contributed by atoms with Crippen molar-refractivity contribution in [3.05, 3.63) is 29.3 Å². The van der Waals surface area contributed by atoms with Crippen LogP contribution < -0.4 is 4.43 Å². The minimum absolute atomic E-state index is 0.0601. The van der Waals surface area contributed by atoms with Crippen LogP contribution in [0.1, 0.15) is 91.2 Å². The zero-order chi connectivity index (χ0) is 25.0. The molecule has 0 aromatic heterocycles. The maximum atomic E-state index is 11.5. The number of benzene rings is 1. The Bertz CT molecular complexity index is 837. The van der Waals surface area contributed by atoms with Gasteiger partial charge in [-0.05, 0) is 90.9 Å². The van der Waals surface area contributed by atoms with Gasteiger partial charge in [-0.15, -0.1) is 0 Å². The average Bonchev–Trinajstić information content (AvgIpc) is 2.93. The highest BCUT2D eigenvalue weighted by atomic mass is 28.4. The van der Waals surface area contributed by atoms with E-state index in [0.717, 1.165) is 25.0 Å². The predicted molar refractivity (Wildman–Crippen MR) is 146 cm³/mol. The number of aliphatic hydroxyl groups is 1. The number of fused-ring (bicyclic) bond motifs is 1. The summed E-state index contributed by atoms with van der Waals surface area (Å²) in [4.78, 5) is 0. The molecule has 1 N–H and O–H groups in total. The molecule has 0 aliphatic heterocycles. The van der Waals surface area contributed by atoms with Crippen molar-refractivity contribution in [1.82, 2.24) is 0 Å². The molecule has 1 aromatic carbocycles. The number of hydrogen-bond donors (Lipinski definition) is 1. The van der Waals surface area contributed by atoms with Gasteiger partial charge in [0.2, 0.25) is 9.04 Å². The predicted octanol–water partition coefficient (Wildman–Crippen LogP) is 7.39. The van der Waals surface area contributed by atoms with Crippen LogP contribution in [-0.4, -0.2) is 34.7 Å². The lowest BCUT2D eigenvalue weighted by Gasteiger charge is -2.49. The highest BCUT2D eigenvalue weighted by Crippen LogP contribution is 2.58. The lowest BCUT2D eigenvalue weighted by Crippen LogP contribution is -2.50. The fraction of sp³-hybridized carbons (Fsp3) is 0.786. The summed E-state index contributed by atoms with van der Waals surface area (Å²) in [5.41, 5.74) is 2.66. The van der Waals surface area contributed by atoms with Crippen molar-refractivity contribution in [2.24, 2.45) is 11.3 Å². The molecule has 5 atom stereocenters. The van der Waals surface area contributed by atoms with Crippen LogP contribution >= 0.6 is 0 Å². The molecule has 33 heavy (non-hydrogen) atoms. The van der Waals surface area contributed by atoms with Crippen LogP contribution in [-0.2, 0) is 9.84 Å². The van der Waals surface area contributed by atoms with Crippen LogP contribution in [0.5, 0.6) is 5.75 Å². The Morgan fingerprint density at radius 2 is 1.70 bits per heavy atom. The van der Waals surface area contributed by atoms with Crippen LogP contribution in [0.25, 0.3) is 0 Å². The van der Waals surface area contributed by atoms with E-state index in [9.17, 15) is 5.11 Å². The summed E-state index contributed by atoms with van der Waals surface area (Å²) in [6.45, 7) is 25.3. The zero-order valence-corrected chi connectivity index (χ0v) is 25.4. The summed E-state index contributed by atoms with van der Waals surface area (Å²) >= 11 is 0. The third-order valence-corrected chi connectivity index (χ3v) is 14.2. The third kappa shape index (κ3) is 5.47. The molecule has 0 radical (unpaired) electrons. The normalized spacial score (nSPS) is 31.1. The molecular formula is C28H50O3Si2. The second kappa shape index (κ2) is 9.11. The molecule has 3 rings (SSSR count). The Hall–Kier alpha value is -0.626. The fourth-order valence-electron chi connectivity index (χ4n) is 5.74. The van der Waals surface area contributed by atoms with E-state index in [1.165, 1.54) is 17.5 Å². The van der Waals surface area contributed by atoms with Gasteiger partial charge in [0.25, 0.3) is 0 Å². The molecule has 5 heteroatoms. The van der Waals surface area contributed by atoms with Gasteiger partial charge in [0.15, 0.2) is 8.32 Å². The molecule has 0 unspecified atom stereocenters. The Labute approximate surface area is 206 Å². The van der Waals surface area contributed by atoms with Crippen molar-refractivity contribution in [3.63, 3.8) is 0 Å². The molecule has 2 fully saturated rings. The molecule has 0 heterocycles. The molecule has 0 bridgehead atoms. The molecular weight excluding hydrogens is 440 g/mol. The van der Waals surface area contributed by atoms with Gasteiger partial charge >= 0.3 is 0 Å². The first-order valence-electron chi connectivity index (χ1n) is 13.1.